The van der Waals surface area contributed by atoms with E-state index < -0.39 is 11.9 Å². The highest BCUT2D eigenvalue weighted by atomic mass is 16.4. The van der Waals surface area contributed by atoms with Gasteiger partial charge in [-0.3, -0.25) is 9.80 Å². The van der Waals surface area contributed by atoms with Crippen molar-refractivity contribution in [3.05, 3.63) is 0 Å². The second kappa shape index (κ2) is 9.79. The first-order valence-corrected chi connectivity index (χ1v) is 8.40. The van der Waals surface area contributed by atoms with Crippen molar-refractivity contribution >= 4 is 11.9 Å². The minimum atomic E-state index is -1.82. The molecule has 6 nitrogen and oxygen atoms in total. The third kappa shape index (κ3) is 6.32. The number of aliphatic carboxylic acids is 2. The van der Waals surface area contributed by atoms with Gasteiger partial charge in [0.2, 0.25) is 0 Å². The Labute approximate surface area is 133 Å². The summed E-state index contributed by atoms with van der Waals surface area (Å²) in [5.41, 5.74) is 0. The average Bonchev–Trinajstić information content (AvgIpc) is 2.55. The van der Waals surface area contributed by atoms with Crippen LogP contribution < -0.4 is 0 Å². The molecule has 1 unspecified atom stereocenters. The van der Waals surface area contributed by atoms with E-state index in [9.17, 15) is 0 Å². The van der Waals surface area contributed by atoms with Crippen molar-refractivity contribution in [2.24, 2.45) is 0 Å². The van der Waals surface area contributed by atoms with Crippen molar-refractivity contribution in [3.8, 4) is 0 Å². The normalized spacial score (nSPS) is 22.5. The maximum Gasteiger partial charge on any atom is 0.414 e. The molecule has 0 radical (unpaired) electrons. The molecule has 6 heteroatoms. The number of nitrogens with zero attached hydrogens (tertiary/aromatic N) is 2. The first-order valence-electron chi connectivity index (χ1n) is 8.40. The maximum absolute atomic E-state index is 9.10. The molecule has 128 valence electrons. The van der Waals surface area contributed by atoms with Crippen LogP contribution in [0.5, 0.6) is 0 Å². The van der Waals surface area contributed by atoms with Gasteiger partial charge < -0.3 is 10.2 Å². The van der Waals surface area contributed by atoms with Gasteiger partial charge in [0.25, 0.3) is 0 Å². The van der Waals surface area contributed by atoms with E-state index in [4.69, 9.17) is 19.8 Å². The summed E-state index contributed by atoms with van der Waals surface area (Å²) in [4.78, 5) is 23.6. The van der Waals surface area contributed by atoms with Gasteiger partial charge in [-0.05, 0) is 26.2 Å². The highest BCUT2D eigenvalue weighted by Crippen LogP contribution is 2.23. The Bertz CT molecular complexity index is 336. The number of hydrogen-bond donors (Lipinski definition) is 2. The Hall–Kier alpha value is -1.14. The van der Waals surface area contributed by atoms with E-state index in [1.807, 2.05) is 0 Å². The second-order valence-electron chi connectivity index (χ2n) is 6.23. The molecule has 2 rings (SSSR count). The summed E-state index contributed by atoms with van der Waals surface area (Å²) in [6.45, 7) is 9.90. The fourth-order valence-corrected chi connectivity index (χ4v) is 3.25. The summed E-state index contributed by atoms with van der Waals surface area (Å²) >= 11 is 0. The molecule has 2 N–H and O–H groups in total. The Balaban J connectivity index is 0.000000346. The predicted molar refractivity (Wildman–Crippen MR) is 85.0 cm³/mol. The molecule has 1 saturated carbocycles. The lowest BCUT2D eigenvalue weighted by Crippen LogP contribution is -2.52. The average molecular weight is 314 g/mol. The Morgan fingerprint density at radius 3 is 1.91 bits per heavy atom. The van der Waals surface area contributed by atoms with E-state index >= 15 is 0 Å². The second-order valence-corrected chi connectivity index (χ2v) is 6.23. The molecular formula is C16H30N2O4. The summed E-state index contributed by atoms with van der Waals surface area (Å²) in [5.74, 6) is -3.65. The van der Waals surface area contributed by atoms with Crippen LogP contribution in [0.3, 0.4) is 0 Å². The molecule has 1 saturated heterocycles. The highest BCUT2D eigenvalue weighted by molar-refractivity contribution is 6.27. The molecule has 0 aromatic rings. The number of carbonyl (C=O) groups is 2. The number of carboxylic acids is 2. The van der Waals surface area contributed by atoms with Crippen LogP contribution in [0.25, 0.3) is 0 Å². The zero-order chi connectivity index (χ0) is 16.5. The summed E-state index contributed by atoms with van der Waals surface area (Å²) in [6.07, 6.45) is 8.63. The van der Waals surface area contributed by atoms with E-state index in [0.29, 0.717) is 0 Å². The van der Waals surface area contributed by atoms with Crippen LogP contribution in [-0.4, -0.2) is 70.2 Å². The topological polar surface area (TPSA) is 81.1 Å². The first kappa shape index (κ1) is 18.9. The van der Waals surface area contributed by atoms with Crippen molar-refractivity contribution in [1.82, 2.24) is 9.80 Å². The lowest BCUT2D eigenvalue weighted by molar-refractivity contribution is -0.159. The summed E-state index contributed by atoms with van der Waals surface area (Å²) < 4.78 is 0. The number of hydrogen-bond acceptors (Lipinski definition) is 4. The molecule has 0 aromatic carbocycles. The van der Waals surface area contributed by atoms with Gasteiger partial charge in [-0.2, -0.15) is 0 Å². The van der Waals surface area contributed by atoms with Crippen molar-refractivity contribution in [3.63, 3.8) is 0 Å². The highest BCUT2D eigenvalue weighted by Gasteiger charge is 2.26. The van der Waals surface area contributed by atoms with Gasteiger partial charge in [-0.25, -0.2) is 9.59 Å². The van der Waals surface area contributed by atoms with Crippen LogP contribution in [-0.2, 0) is 9.59 Å². The van der Waals surface area contributed by atoms with Crippen LogP contribution in [0, 0.1) is 0 Å². The zero-order valence-electron chi connectivity index (χ0n) is 13.8. The lowest BCUT2D eigenvalue weighted by atomic mass is 9.93. The van der Waals surface area contributed by atoms with E-state index in [1.165, 1.54) is 64.7 Å². The molecule has 1 aliphatic heterocycles. The fourth-order valence-electron chi connectivity index (χ4n) is 3.25. The molecule has 1 heterocycles. The first-order chi connectivity index (χ1) is 10.5. The van der Waals surface area contributed by atoms with Crippen molar-refractivity contribution in [2.75, 3.05) is 26.2 Å². The van der Waals surface area contributed by atoms with Crippen molar-refractivity contribution in [2.45, 2.75) is 64.5 Å². The molecule has 22 heavy (non-hydrogen) atoms. The molecule has 0 amide bonds. The standard InChI is InChI=1S/C14H28N2.C2H2O4/c1-3-13(2)15-9-11-16(12-10-15)14-7-5-4-6-8-14;3-1(4)2(5)6/h13-14H,3-12H2,1-2H3;(H,3,4)(H,5,6). The van der Waals surface area contributed by atoms with E-state index in [2.05, 4.69) is 23.6 Å². The smallest absolute Gasteiger partial charge is 0.414 e. The van der Waals surface area contributed by atoms with Gasteiger partial charge in [0, 0.05) is 38.3 Å². The largest absolute Gasteiger partial charge is 0.473 e. The van der Waals surface area contributed by atoms with Gasteiger partial charge in [-0.15, -0.1) is 0 Å². The SMILES string of the molecule is CCC(C)N1CCN(C2CCCCC2)CC1.O=C(O)C(=O)O. The van der Waals surface area contributed by atoms with Gasteiger partial charge in [0.15, 0.2) is 0 Å². The Kier molecular flexibility index (Phi) is 8.42. The molecule has 2 fully saturated rings. The number of carboxylic acid groups (broad SMARTS) is 2. The maximum atomic E-state index is 9.10. The zero-order valence-corrected chi connectivity index (χ0v) is 13.8. The lowest BCUT2D eigenvalue weighted by Gasteiger charge is -2.42. The van der Waals surface area contributed by atoms with E-state index in [-0.39, 0.29) is 0 Å². The molecule has 0 bridgehead atoms. The quantitative estimate of drug-likeness (QED) is 0.774. The molecule has 0 aromatic heterocycles. The number of rotatable bonds is 3. The Morgan fingerprint density at radius 1 is 1.00 bits per heavy atom. The molecule has 2 aliphatic rings. The number of piperazine rings is 1. The van der Waals surface area contributed by atoms with Crippen LogP contribution in [0.2, 0.25) is 0 Å². The van der Waals surface area contributed by atoms with Gasteiger partial charge in [0.05, 0.1) is 0 Å². The third-order valence-electron chi connectivity index (χ3n) is 4.84. The third-order valence-corrected chi connectivity index (χ3v) is 4.84. The molecule has 0 spiro atoms. The minimum Gasteiger partial charge on any atom is -0.473 e. The molecular weight excluding hydrogens is 284 g/mol. The van der Waals surface area contributed by atoms with Crippen LogP contribution in [0.1, 0.15) is 52.4 Å². The van der Waals surface area contributed by atoms with Gasteiger partial charge in [0.1, 0.15) is 0 Å². The van der Waals surface area contributed by atoms with Gasteiger partial charge >= 0.3 is 11.9 Å². The van der Waals surface area contributed by atoms with E-state index in [0.717, 1.165) is 12.1 Å². The van der Waals surface area contributed by atoms with Crippen molar-refractivity contribution in [1.29, 1.82) is 0 Å². The van der Waals surface area contributed by atoms with Crippen LogP contribution in [0.15, 0.2) is 0 Å². The summed E-state index contributed by atoms with van der Waals surface area (Å²) in [7, 11) is 0. The van der Waals surface area contributed by atoms with Crippen LogP contribution in [0.4, 0.5) is 0 Å². The Morgan fingerprint density at radius 2 is 1.50 bits per heavy atom. The molecule has 1 aliphatic carbocycles. The monoisotopic (exact) mass is 314 g/mol. The van der Waals surface area contributed by atoms with Crippen LogP contribution >= 0.6 is 0 Å². The summed E-state index contributed by atoms with van der Waals surface area (Å²) in [6, 6.07) is 1.71. The fraction of sp³-hybridized carbons (Fsp3) is 0.875. The summed E-state index contributed by atoms with van der Waals surface area (Å²) in [5, 5.41) is 14.8. The van der Waals surface area contributed by atoms with Crippen molar-refractivity contribution < 1.29 is 19.8 Å². The minimum absolute atomic E-state index is 0.786. The predicted octanol–water partition coefficient (Wildman–Crippen LogP) is 1.89. The van der Waals surface area contributed by atoms with E-state index in [1.54, 1.807) is 0 Å². The molecule has 1 atom stereocenters. The van der Waals surface area contributed by atoms with Gasteiger partial charge in [-0.1, -0.05) is 26.2 Å².